The predicted octanol–water partition coefficient (Wildman–Crippen LogP) is 4.72. The van der Waals surface area contributed by atoms with Gasteiger partial charge < -0.3 is 10.1 Å². The number of nitrogens with one attached hydrogen (secondary N) is 1. The molecular weight excluding hydrogens is 386 g/mol. The summed E-state index contributed by atoms with van der Waals surface area (Å²) in [6.45, 7) is 2.40. The van der Waals surface area contributed by atoms with Gasteiger partial charge in [0.15, 0.2) is 0 Å². The van der Waals surface area contributed by atoms with Crippen LogP contribution in [-0.2, 0) is 17.8 Å². The molecule has 0 bridgehead atoms. The van der Waals surface area contributed by atoms with Gasteiger partial charge in [-0.2, -0.15) is 5.10 Å². The van der Waals surface area contributed by atoms with Crippen molar-refractivity contribution >= 4 is 5.91 Å². The van der Waals surface area contributed by atoms with E-state index in [1.807, 2.05) is 96.7 Å². The first-order chi connectivity index (χ1) is 15.1. The number of aryl methyl sites for hydroxylation is 1. The normalized spacial score (nSPS) is 10.6. The summed E-state index contributed by atoms with van der Waals surface area (Å²) in [6.07, 6.45) is 2.24. The van der Waals surface area contributed by atoms with Crippen LogP contribution in [0.4, 0.5) is 0 Å². The van der Waals surface area contributed by atoms with E-state index in [2.05, 4.69) is 5.32 Å². The average Bonchev–Trinajstić information content (AvgIpc) is 3.23. The van der Waals surface area contributed by atoms with Gasteiger partial charge in [-0.3, -0.25) is 4.79 Å². The third-order valence-corrected chi connectivity index (χ3v) is 5.12. The second kappa shape index (κ2) is 9.30. The Kier molecular flexibility index (Phi) is 6.13. The van der Waals surface area contributed by atoms with E-state index in [0.717, 1.165) is 39.4 Å². The van der Waals surface area contributed by atoms with E-state index in [4.69, 9.17) is 9.84 Å². The van der Waals surface area contributed by atoms with Gasteiger partial charge in [0.25, 0.3) is 0 Å². The van der Waals surface area contributed by atoms with Crippen molar-refractivity contribution in [2.24, 2.45) is 0 Å². The number of benzene rings is 3. The molecule has 0 unspecified atom stereocenters. The van der Waals surface area contributed by atoms with Crippen LogP contribution in [0, 0.1) is 6.92 Å². The number of aromatic nitrogens is 2. The van der Waals surface area contributed by atoms with E-state index in [1.54, 1.807) is 7.11 Å². The Labute approximate surface area is 182 Å². The lowest BCUT2D eigenvalue weighted by Crippen LogP contribution is -2.24. The van der Waals surface area contributed by atoms with Crippen LogP contribution in [0.1, 0.15) is 16.7 Å². The smallest absolute Gasteiger partial charge is 0.224 e. The molecule has 0 atom stereocenters. The van der Waals surface area contributed by atoms with Gasteiger partial charge in [0.1, 0.15) is 5.75 Å². The molecule has 4 aromatic rings. The van der Waals surface area contributed by atoms with Crippen LogP contribution >= 0.6 is 0 Å². The minimum Gasteiger partial charge on any atom is -0.496 e. The fourth-order valence-electron chi connectivity index (χ4n) is 3.57. The molecule has 5 heteroatoms. The standard InChI is InChI=1S/C26H25N3O2/c1-19-13-14-24(31-2)21(15-19)16-25(30)27-17-22-18-29(23-11-7-4-8-12-23)28-26(22)20-9-5-3-6-10-20/h3-15,18H,16-17H2,1-2H3,(H,27,30). The number of carbonyl (C=O) groups is 1. The first-order valence-electron chi connectivity index (χ1n) is 10.2. The zero-order valence-corrected chi connectivity index (χ0v) is 17.7. The number of nitrogens with zero attached hydrogens (tertiary/aromatic N) is 2. The van der Waals surface area contributed by atoms with Gasteiger partial charge in [0.2, 0.25) is 5.91 Å². The molecule has 1 heterocycles. The fraction of sp³-hybridized carbons (Fsp3) is 0.154. The molecule has 3 aromatic carbocycles. The number of rotatable bonds is 7. The van der Waals surface area contributed by atoms with Crippen molar-refractivity contribution in [1.29, 1.82) is 0 Å². The Morgan fingerprint density at radius 1 is 0.968 bits per heavy atom. The number of ether oxygens (including phenoxy) is 1. The Bertz CT molecular complexity index is 1170. The number of methoxy groups -OCH3 is 1. The molecule has 1 amide bonds. The van der Waals surface area contributed by atoms with Gasteiger partial charge in [0.05, 0.1) is 24.9 Å². The summed E-state index contributed by atoms with van der Waals surface area (Å²) in [5.41, 5.74) is 5.78. The average molecular weight is 412 g/mol. The van der Waals surface area contributed by atoms with Crippen LogP contribution in [0.5, 0.6) is 5.75 Å². The molecule has 0 saturated heterocycles. The van der Waals surface area contributed by atoms with Crippen molar-refractivity contribution in [3.8, 4) is 22.7 Å². The van der Waals surface area contributed by atoms with Crippen LogP contribution in [0.3, 0.4) is 0 Å². The van der Waals surface area contributed by atoms with E-state index >= 15 is 0 Å². The maximum absolute atomic E-state index is 12.7. The molecule has 0 saturated carbocycles. The molecule has 1 N–H and O–H groups in total. The summed E-state index contributed by atoms with van der Waals surface area (Å²) in [5, 5.41) is 7.84. The Morgan fingerprint density at radius 3 is 2.39 bits per heavy atom. The lowest BCUT2D eigenvalue weighted by atomic mass is 10.1. The minimum atomic E-state index is -0.0598. The van der Waals surface area contributed by atoms with E-state index in [9.17, 15) is 4.79 Å². The molecule has 0 fully saturated rings. The van der Waals surface area contributed by atoms with Gasteiger partial charge in [-0.15, -0.1) is 0 Å². The highest BCUT2D eigenvalue weighted by molar-refractivity contribution is 5.79. The largest absolute Gasteiger partial charge is 0.496 e. The second-order valence-electron chi connectivity index (χ2n) is 7.42. The molecule has 1 aromatic heterocycles. The predicted molar refractivity (Wildman–Crippen MR) is 122 cm³/mol. The van der Waals surface area contributed by atoms with Crippen molar-refractivity contribution in [2.75, 3.05) is 7.11 Å². The van der Waals surface area contributed by atoms with Crippen LogP contribution in [0.2, 0.25) is 0 Å². The van der Waals surface area contributed by atoms with Crippen LogP contribution in [0.25, 0.3) is 16.9 Å². The Balaban J connectivity index is 1.56. The van der Waals surface area contributed by atoms with Gasteiger partial charge >= 0.3 is 0 Å². The summed E-state index contributed by atoms with van der Waals surface area (Å²) in [4.78, 5) is 12.7. The maximum atomic E-state index is 12.7. The SMILES string of the molecule is COc1ccc(C)cc1CC(=O)NCc1cn(-c2ccccc2)nc1-c1ccccc1. The molecule has 0 aliphatic carbocycles. The van der Waals surface area contributed by atoms with Crippen LogP contribution in [-0.4, -0.2) is 22.8 Å². The van der Waals surface area contributed by atoms with E-state index in [0.29, 0.717) is 6.54 Å². The van der Waals surface area contributed by atoms with E-state index in [-0.39, 0.29) is 12.3 Å². The summed E-state index contributed by atoms with van der Waals surface area (Å²) < 4.78 is 7.25. The summed E-state index contributed by atoms with van der Waals surface area (Å²) in [6, 6.07) is 25.8. The third-order valence-electron chi connectivity index (χ3n) is 5.12. The summed E-state index contributed by atoms with van der Waals surface area (Å²) in [7, 11) is 1.62. The molecule has 31 heavy (non-hydrogen) atoms. The zero-order chi connectivity index (χ0) is 21.6. The van der Waals surface area contributed by atoms with Gasteiger partial charge in [-0.05, 0) is 25.1 Å². The minimum absolute atomic E-state index is 0.0598. The molecule has 4 rings (SSSR count). The summed E-state index contributed by atoms with van der Waals surface area (Å²) >= 11 is 0. The van der Waals surface area contributed by atoms with Crippen molar-refractivity contribution in [3.63, 3.8) is 0 Å². The first-order valence-corrected chi connectivity index (χ1v) is 10.2. The fourth-order valence-corrected chi connectivity index (χ4v) is 3.57. The van der Waals surface area contributed by atoms with Crippen LogP contribution in [0.15, 0.2) is 85.1 Å². The van der Waals surface area contributed by atoms with Gasteiger partial charge in [-0.25, -0.2) is 4.68 Å². The molecule has 5 nitrogen and oxygen atoms in total. The second-order valence-corrected chi connectivity index (χ2v) is 7.42. The van der Waals surface area contributed by atoms with E-state index < -0.39 is 0 Å². The molecule has 0 aliphatic rings. The number of carbonyl (C=O) groups excluding carboxylic acids is 1. The lowest BCUT2D eigenvalue weighted by molar-refractivity contribution is -0.120. The van der Waals surface area contributed by atoms with Crippen molar-refractivity contribution in [2.45, 2.75) is 19.9 Å². The maximum Gasteiger partial charge on any atom is 0.224 e. The number of hydrogen-bond acceptors (Lipinski definition) is 3. The first kappa shape index (κ1) is 20.4. The van der Waals surface area contributed by atoms with Crippen molar-refractivity contribution < 1.29 is 9.53 Å². The molecule has 156 valence electrons. The quantitative estimate of drug-likeness (QED) is 0.479. The van der Waals surface area contributed by atoms with Gasteiger partial charge in [-0.1, -0.05) is 66.2 Å². The molecule has 0 spiro atoms. The van der Waals surface area contributed by atoms with E-state index in [1.165, 1.54) is 0 Å². The topological polar surface area (TPSA) is 56.1 Å². The zero-order valence-electron chi connectivity index (χ0n) is 17.7. The number of hydrogen-bond donors (Lipinski definition) is 1. The number of amides is 1. The monoisotopic (exact) mass is 411 g/mol. The number of para-hydroxylation sites is 1. The van der Waals surface area contributed by atoms with Gasteiger partial charge in [0, 0.05) is 29.4 Å². The Hall–Kier alpha value is -3.86. The lowest BCUT2D eigenvalue weighted by Gasteiger charge is -2.10. The Morgan fingerprint density at radius 2 is 1.68 bits per heavy atom. The molecule has 0 aliphatic heterocycles. The van der Waals surface area contributed by atoms with Crippen LogP contribution < -0.4 is 10.1 Å². The molecule has 0 radical (unpaired) electrons. The summed E-state index contributed by atoms with van der Waals surface area (Å²) in [5.74, 6) is 0.665. The highest BCUT2D eigenvalue weighted by atomic mass is 16.5. The van der Waals surface area contributed by atoms with Crippen molar-refractivity contribution in [1.82, 2.24) is 15.1 Å². The van der Waals surface area contributed by atoms with Crippen molar-refractivity contribution in [3.05, 3.63) is 102 Å². The highest BCUT2D eigenvalue weighted by Gasteiger charge is 2.14. The third kappa shape index (κ3) is 4.83. The molecular formula is C26H25N3O2. The highest BCUT2D eigenvalue weighted by Crippen LogP contribution is 2.24.